The van der Waals surface area contributed by atoms with Gasteiger partial charge in [0.15, 0.2) is 11.5 Å². The monoisotopic (exact) mass is 412 g/mol. The lowest BCUT2D eigenvalue weighted by molar-refractivity contribution is 0.0967. The van der Waals surface area contributed by atoms with Gasteiger partial charge in [-0.15, -0.1) is 0 Å². The molecule has 4 aromatic rings. The molecule has 0 unspecified atom stereocenters. The Balaban J connectivity index is 1.78. The summed E-state index contributed by atoms with van der Waals surface area (Å²) >= 11 is 0. The molecule has 31 heavy (non-hydrogen) atoms. The van der Waals surface area contributed by atoms with Crippen LogP contribution in [-0.2, 0) is 0 Å². The van der Waals surface area contributed by atoms with Crippen LogP contribution in [0.25, 0.3) is 23.0 Å². The molecule has 0 radical (unpaired) electrons. The molecule has 0 aliphatic carbocycles. The van der Waals surface area contributed by atoms with Gasteiger partial charge in [-0.3, -0.25) is 9.36 Å². The summed E-state index contributed by atoms with van der Waals surface area (Å²) in [5.41, 5.74) is 2.11. The van der Waals surface area contributed by atoms with Crippen LogP contribution in [0.15, 0.2) is 95.9 Å². The van der Waals surface area contributed by atoms with E-state index in [0.29, 0.717) is 22.7 Å². The molecular weight excluding hydrogens is 392 g/mol. The number of aromatic hydroxyl groups is 1. The van der Waals surface area contributed by atoms with Crippen molar-refractivity contribution in [3.8, 4) is 28.4 Å². The summed E-state index contributed by atoms with van der Waals surface area (Å²) in [6, 6.07) is 23.2. The van der Waals surface area contributed by atoms with Crippen molar-refractivity contribution in [2.45, 2.75) is 0 Å². The number of benzene rings is 3. The lowest BCUT2D eigenvalue weighted by Crippen LogP contribution is -2.27. The zero-order valence-corrected chi connectivity index (χ0v) is 16.8. The standard InChI is InChI=1S/C25H20N2O4/c1-31-23-16-18(12-14-22(23)28)13-15-24(29)27-21(19-8-4-2-5-9-19)17-26(25(27)30)20-10-6-3-7-11-20/h2-17,28H,1H3/b15-13+. The fourth-order valence-electron chi connectivity index (χ4n) is 3.29. The molecule has 154 valence electrons. The van der Waals surface area contributed by atoms with Crippen LogP contribution in [0.5, 0.6) is 11.5 Å². The molecule has 1 heterocycles. The Labute approximate surface area is 178 Å². The molecule has 1 aromatic heterocycles. The average Bonchev–Trinajstić information content (AvgIpc) is 3.16. The lowest BCUT2D eigenvalue weighted by atomic mass is 10.1. The Bertz CT molecular complexity index is 1300. The van der Waals surface area contributed by atoms with Crippen LogP contribution < -0.4 is 10.4 Å². The summed E-state index contributed by atoms with van der Waals surface area (Å²) in [7, 11) is 1.45. The molecule has 0 fully saturated rings. The Morgan fingerprint density at radius 2 is 1.65 bits per heavy atom. The molecule has 0 aliphatic rings. The van der Waals surface area contributed by atoms with E-state index in [4.69, 9.17) is 4.74 Å². The topological polar surface area (TPSA) is 73.5 Å². The van der Waals surface area contributed by atoms with Crippen molar-refractivity contribution >= 4 is 12.0 Å². The molecule has 0 saturated carbocycles. The van der Waals surface area contributed by atoms with Crippen molar-refractivity contribution in [3.63, 3.8) is 0 Å². The minimum Gasteiger partial charge on any atom is -0.504 e. The van der Waals surface area contributed by atoms with E-state index in [-0.39, 0.29) is 5.75 Å². The number of carbonyl (C=O) groups excluding carboxylic acids is 1. The maximum absolute atomic E-state index is 13.2. The van der Waals surface area contributed by atoms with Crippen molar-refractivity contribution in [2.24, 2.45) is 0 Å². The van der Waals surface area contributed by atoms with Crippen LogP contribution >= 0.6 is 0 Å². The van der Waals surface area contributed by atoms with Gasteiger partial charge in [-0.2, -0.15) is 0 Å². The number of methoxy groups -OCH3 is 1. The number of ether oxygens (including phenoxy) is 1. The van der Waals surface area contributed by atoms with Gasteiger partial charge in [0.1, 0.15) is 0 Å². The average molecular weight is 412 g/mol. The minimum absolute atomic E-state index is 0.00787. The SMILES string of the molecule is COc1cc(/C=C/C(=O)n2c(-c3ccccc3)cn(-c3ccccc3)c2=O)ccc1O. The third-order valence-corrected chi connectivity index (χ3v) is 4.84. The first-order valence-corrected chi connectivity index (χ1v) is 9.63. The fraction of sp³-hybridized carbons (Fsp3) is 0.0400. The van der Waals surface area contributed by atoms with Gasteiger partial charge in [0.2, 0.25) is 0 Å². The van der Waals surface area contributed by atoms with Gasteiger partial charge >= 0.3 is 5.69 Å². The van der Waals surface area contributed by atoms with Crippen molar-refractivity contribution in [1.29, 1.82) is 0 Å². The first-order chi connectivity index (χ1) is 15.1. The highest BCUT2D eigenvalue weighted by molar-refractivity contribution is 5.96. The zero-order chi connectivity index (χ0) is 21.8. The summed E-state index contributed by atoms with van der Waals surface area (Å²) in [4.78, 5) is 26.3. The van der Waals surface area contributed by atoms with Crippen LogP contribution in [0.2, 0.25) is 0 Å². The Kier molecular flexibility index (Phi) is 5.53. The third-order valence-electron chi connectivity index (χ3n) is 4.84. The molecule has 0 atom stereocenters. The summed E-state index contributed by atoms with van der Waals surface area (Å²) < 4.78 is 7.70. The van der Waals surface area contributed by atoms with Gasteiger partial charge in [0.05, 0.1) is 18.5 Å². The van der Waals surface area contributed by atoms with Gasteiger partial charge in [-0.25, -0.2) is 9.36 Å². The summed E-state index contributed by atoms with van der Waals surface area (Å²) in [5.74, 6) is -0.175. The van der Waals surface area contributed by atoms with Gasteiger partial charge in [0, 0.05) is 17.8 Å². The number of phenolic OH excluding ortho intramolecular Hbond substituents is 1. The second kappa shape index (κ2) is 8.59. The van der Waals surface area contributed by atoms with E-state index in [0.717, 1.165) is 10.1 Å². The van der Waals surface area contributed by atoms with E-state index in [9.17, 15) is 14.7 Å². The lowest BCUT2D eigenvalue weighted by Gasteiger charge is -2.05. The van der Waals surface area contributed by atoms with E-state index >= 15 is 0 Å². The number of aromatic nitrogens is 2. The first-order valence-electron chi connectivity index (χ1n) is 9.63. The number of hydrogen-bond acceptors (Lipinski definition) is 4. The molecule has 1 N–H and O–H groups in total. The van der Waals surface area contributed by atoms with E-state index in [1.807, 2.05) is 60.7 Å². The zero-order valence-electron chi connectivity index (χ0n) is 16.8. The molecule has 0 aliphatic heterocycles. The van der Waals surface area contributed by atoms with E-state index in [1.165, 1.54) is 23.8 Å². The van der Waals surface area contributed by atoms with Crippen LogP contribution in [0, 0.1) is 0 Å². The van der Waals surface area contributed by atoms with Gasteiger partial charge in [-0.05, 0) is 35.9 Å². The van der Waals surface area contributed by atoms with Crippen molar-refractivity contribution < 1.29 is 14.6 Å². The second-order valence-electron chi connectivity index (χ2n) is 6.81. The summed E-state index contributed by atoms with van der Waals surface area (Å²) in [6.07, 6.45) is 4.57. The quantitative estimate of drug-likeness (QED) is 0.494. The van der Waals surface area contributed by atoms with Gasteiger partial charge in [-0.1, -0.05) is 54.6 Å². The molecule has 4 rings (SSSR count). The molecular formula is C25H20N2O4. The second-order valence-corrected chi connectivity index (χ2v) is 6.81. The summed E-state index contributed by atoms with van der Waals surface area (Å²) in [6.45, 7) is 0. The normalized spacial score (nSPS) is 11.0. The van der Waals surface area contributed by atoms with Gasteiger partial charge in [0.25, 0.3) is 5.91 Å². The Morgan fingerprint density at radius 1 is 0.968 bits per heavy atom. The number of imidazole rings is 1. The number of para-hydroxylation sites is 1. The number of hydrogen-bond donors (Lipinski definition) is 1. The fourth-order valence-corrected chi connectivity index (χ4v) is 3.29. The Hall–Kier alpha value is -4.32. The number of allylic oxidation sites excluding steroid dienone is 1. The smallest absolute Gasteiger partial charge is 0.340 e. The Morgan fingerprint density at radius 3 is 2.32 bits per heavy atom. The number of phenols is 1. The van der Waals surface area contributed by atoms with E-state index in [2.05, 4.69) is 0 Å². The predicted octanol–water partition coefficient (Wildman–Crippen LogP) is 4.37. The molecule has 6 nitrogen and oxygen atoms in total. The highest BCUT2D eigenvalue weighted by Gasteiger charge is 2.18. The maximum atomic E-state index is 13.2. The van der Waals surface area contributed by atoms with Gasteiger partial charge < -0.3 is 9.84 Å². The number of rotatable bonds is 5. The highest BCUT2D eigenvalue weighted by atomic mass is 16.5. The molecule has 6 heteroatoms. The molecule has 3 aromatic carbocycles. The van der Waals surface area contributed by atoms with Crippen LogP contribution in [-0.4, -0.2) is 27.3 Å². The largest absolute Gasteiger partial charge is 0.504 e. The first kappa shape index (κ1) is 20.0. The van der Waals surface area contributed by atoms with Crippen molar-refractivity contribution in [1.82, 2.24) is 9.13 Å². The third kappa shape index (κ3) is 4.04. The minimum atomic E-state index is -0.481. The van der Waals surface area contributed by atoms with E-state index in [1.54, 1.807) is 24.4 Å². The van der Waals surface area contributed by atoms with Crippen molar-refractivity contribution in [2.75, 3.05) is 7.11 Å². The molecule has 0 saturated heterocycles. The van der Waals surface area contributed by atoms with Crippen LogP contribution in [0.3, 0.4) is 0 Å². The van der Waals surface area contributed by atoms with Crippen LogP contribution in [0.1, 0.15) is 10.4 Å². The van der Waals surface area contributed by atoms with Crippen molar-refractivity contribution in [3.05, 3.63) is 107 Å². The molecule has 0 amide bonds. The van der Waals surface area contributed by atoms with E-state index < -0.39 is 11.6 Å². The molecule has 0 spiro atoms. The number of carbonyl (C=O) groups is 1. The highest BCUT2D eigenvalue weighted by Crippen LogP contribution is 2.27. The molecule has 0 bridgehead atoms. The number of nitrogens with zero attached hydrogens (tertiary/aromatic N) is 2. The maximum Gasteiger partial charge on any atom is 0.340 e. The van der Waals surface area contributed by atoms with Crippen LogP contribution in [0.4, 0.5) is 0 Å². The summed E-state index contributed by atoms with van der Waals surface area (Å²) in [5, 5.41) is 9.74. The predicted molar refractivity (Wildman–Crippen MR) is 120 cm³/mol.